The third-order valence-electron chi connectivity index (χ3n) is 3.77. The lowest BCUT2D eigenvalue weighted by atomic mass is 10.00. The molecular formula is C15H19N3O2S. The predicted octanol–water partition coefficient (Wildman–Crippen LogP) is 2.99. The van der Waals surface area contributed by atoms with Crippen molar-refractivity contribution in [3.05, 3.63) is 23.4 Å². The van der Waals surface area contributed by atoms with Crippen molar-refractivity contribution in [1.29, 1.82) is 0 Å². The summed E-state index contributed by atoms with van der Waals surface area (Å²) in [5.74, 6) is 1.95. The number of thiophene rings is 1. The quantitative estimate of drug-likeness (QED) is 0.871. The number of nitrogens with zero attached hydrogens (tertiary/aromatic N) is 3. The van der Waals surface area contributed by atoms with E-state index in [9.17, 15) is 4.79 Å². The summed E-state index contributed by atoms with van der Waals surface area (Å²) < 4.78 is 5.22. The van der Waals surface area contributed by atoms with Gasteiger partial charge >= 0.3 is 0 Å². The van der Waals surface area contributed by atoms with Crippen molar-refractivity contribution in [2.45, 2.75) is 32.6 Å². The standard InChI is InChI=1S/C15H19N3O2S/c1-11-4-2-8-18(10-11)14(19)7-6-13-16-15(17-20-13)12-5-3-9-21-12/h3,5,9,11H,2,4,6-8,10H2,1H3. The highest BCUT2D eigenvalue weighted by atomic mass is 32.1. The lowest BCUT2D eigenvalue weighted by molar-refractivity contribution is -0.132. The minimum absolute atomic E-state index is 0.192. The summed E-state index contributed by atoms with van der Waals surface area (Å²) >= 11 is 1.58. The normalized spacial score (nSPS) is 18.9. The lowest BCUT2D eigenvalue weighted by Gasteiger charge is -2.30. The Balaban J connectivity index is 1.54. The highest BCUT2D eigenvalue weighted by Gasteiger charge is 2.21. The largest absolute Gasteiger partial charge is 0.342 e. The van der Waals surface area contributed by atoms with Crippen LogP contribution >= 0.6 is 11.3 Å². The molecule has 6 heteroatoms. The Bertz CT molecular complexity index is 594. The van der Waals surface area contributed by atoms with Gasteiger partial charge in [0.25, 0.3) is 0 Å². The van der Waals surface area contributed by atoms with E-state index in [0.29, 0.717) is 30.5 Å². The van der Waals surface area contributed by atoms with E-state index in [1.165, 1.54) is 6.42 Å². The number of aryl methyl sites for hydroxylation is 1. The van der Waals surface area contributed by atoms with E-state index < -0.39 is 0 Å². The number of rotatable bonds is 4. The average molecular weight is 305 g/mol. The minimum Gasteiger partial charge on any atom is -0.342 e. The Kier molecular flexibility index (Phi) is 4.34. The van der Waals surface area contributed by atoms with Crippen LogP contribution in [-0.4, -0.2) is 34.0 Å². The summed E-state index contributed by atoms with van der Waals surface area (Å²) in [4.78, 5) is 19.5. The van der Waals surface area contributed by atoms with Crippen LogP contribution in [0.4, 0.5) is 0 Å². The highest BCUT2D eigenvalue weighted by Crippen LogP contribution is 2.22. The monoisotopic (exact) mass is 305 g/mol. The minimum atomic E-state index is 0.192. The van der Waals surface area contributed by atoms with Gasteiger partial charge in [-0.05, 0) is 30.2 Å². The maximum atomic E-state index is 12.2. The topological polar surface area (TPSA) is 59.2 Å². The molecule has 1 fully saturated rings. The zero-order chi connectivity index (χ0) is 14.7. The molecule has 1 amide bonds. The molecule has 0 aliphatic carbocycles. The zero-order valence-corrected chi connectivity index (χ0v) is 12.9. The molecule has 1 aliphatic heterocycles. The van der Waals surface area contributed by atoms with Crippen molar-refractivity contribution in [3.8, 4) is 10.7 Å². The summed E-state index contributed by atoms with van der Waals surface area (Å²) in [6, 6.07) is 3.91. The molecule has 0 radical (unpaired) electrons. The molecule has 1 atom stereocenters. The number of likely N-dealkylation sites (tertiary alicyclic amines) is 1. The molecular weight excluding hydrogens is 286 g/mol. The first-order valence-electron chi connectivity index (χ1n) is 7.36. The molecule has 0 bridgehead atoms. The Hall–Kier alpha value is -1.69. The van der Waals surface area contributed by atoms with E-state index in [-0.39, 0.29) is 5.91 Å². The summed E-state index contributed by atoms with van der Waals surface area (Å²) in [6.07, 6.45) is 3.29. The molecule has 3 rings (SSSR count). The van der Waals surface area contributed by atoms with Crippen molar-refractivity contribution in [2.75, 3.05) is 13.1 Å². The Morgan fingerprint density at radius 2 is 2.48 bits per heavy atom. The van der Waals surface area contributed by atoms with Crippen LogP contribution in [0.3, 0.4) is 0 Å². The molecule has 21 heavy (non-hydrogen) atoms. The van der Waals surface area contributed by atoms with Gasteiger partial charge < -0.3 is 9.42 Å². The first-order valence-corrected chi connectivity index (χ1v) is 8.24. The van der Waals surface area contributed by atoms with Gasteiger partial charge in [-0.3, -0.25) is 4.79 Å². The van der Waals surface area contributed by atoms with Crippen molar-refractivity contribution in [1.82, 2.24) is 15.0 Å². The van der Waals surface area contributed by atoms with Gasteiger partial charge in [0.1, 0.15) is 0 Å². The summed E-state index contributed by atoms with van der Waals surface area (Å²) in [5, 5.41) is 5.94. The van der Waals surface area contributed by atoms with Crippen molar-refractivity contribution in [3.63, 3.8) is 0 Å². The van der Waals surface area contributed by atoms with E-state index >= 15 is 0 Å². The fourth-order valence-electron chi connectivity index (χ4n) is 2.65. The molecule has 1 unspecified atom stereocenters. The number of carbonyl (C=O) groups excluding carboxylic acids is 1. The second kappa shape index (κ2) is 6.39. The molecule has 5 nitrogen and oxygen atoms in total. The Morgan fingerprint density at radius 1 is 1.57 bits per heavy atom. The second-order valence-electron chi connectivity index (χ2n) is 5.58. The second-order valence-corrected chi connectivity index (χ2v) is 6.52. The van der Waals surface area contributed by atoms with Crippen LogP contribution < -0.4 is 0 Å². The first-order chi connectivity index (χ1) is 10.2. The zero-order valence-electron chi connectivity index (χ0n) is 12.1. The predicted molar refractivity (Wildman–Crippen MR) is 80.9 cm³/mol. The molecule has 2 aromatic heterocycles. The molecule has 0 saturated carbocycles. The van der Waals surface area contributed by atoms with Gasteiger partial charge in [0, 0.05) is 25.9 Å². The van der Waals surface area contributed by atoms with Gasteiger partial charge in [-0.15, -0.1) is 11.3 Å². The molecule has 1 aliphatic rings. The number of piperidine rings is 1. The smallest absolute Gasteiger partial charge is 0.227 e. The van der Waals surface area contributed by atoms with Crippen LogP contribution in [-0.2, 0) is 11.2 Å². The SMILES string of the molecule is CC1CCCN(C(=O)CCc2nc(-c3cccs3)no2)C1. The number of carbonyl (C=O) groups is 1. The van der Waals surface area contributed by atoms with Crippen LogP contribution in [0, 0.1) is 5.92 Å². The van der Waals surface area contributed by atoms with Crippen LogP contribution in [0.15, 0.2) is 22.0 Å². The van der Waals surface area contributed by atoms with E-state index in [0.717, 1.165) is 24.4 Å². The van der Waals surface area contributed by atoms with E-state index in [1.807, 2.05) is 22.4 Å². The van der Waals surface area contributed by atoms with Crippen LogP contribution in [0.5, 0.6) is 0 Å². The number of hydrogen-bond acceptors (Lipinski definition) is 5. The molecule has 112 valence electrons. The highest BCUT2D eigenvalue weighted by molar-refractivity contribution is 7.13. The lowest BCUT2D eigenvalue weighted by Crippen LogP contribution is -2.39. The molecule has 0 aromatic carbocycles. The van der Waals surface area contributed by atoms with Gasteiger partial charge in [-0.2, -0.15) is 4.98 Å². The fourth-order valence-corrected chi connectivity index (χ4v) is 3.30. The molecule has 3 heterocycles. The Labute approximate surface area is 128 Å². The third kappa shape index (κ3) is 3.50. The average Bonchev–Trinajstić information content (AvgIpc) is 3.15. The number of hydrogen-bond donors (Lipinski definition) is 0. The first kappa shape index (κ1) is 14.3. The van der Waals surface area contributed by atoms with Crippen LogP contribution in [0.2, 0.25) is 0 Å². The maximum Gasteiger partial charge on any atom is 0.227 e. The molecule has 0 spiro atoms. The van der Waals surface area contributed by atoms with Crippen LogP contribution in [0.1, 0.15) is 32.1 Å². The number of amides is 1. The van der Waals surface area contributed by atoms with Crippen molar-refractivity contribution in [2.24, 2.45) is 5.92 Å². The Morgan fingerprint density at radius 3 is 3.24 bits per heavy atom. The van der Waals surface area contributed by atoms with E-state index in [4.69, 9.17) is 4.52 Å². The molecule has 1 saturated heterocycles. The van der Waals surface area contributed by atoms with Crippen molar-refractivity contribution >= 4 is 17.2 Å². The molecule has 2 aromatic rings. The summed E-state index contributed by atoms with van der Waals surface area (Å²) in [6.45, 7) is 3.96. The summed E-state index contributed by atoms with van der Waals surface area (Å²) in [7, 11) is 0. The third-order valence-corrected chi connectivity index (χ3v) is 4.64. The van der Waals surface area contributed by atoms with Gasteiger partial charge in [0.2, 0.25) is 17.6 Å². The van der Waals surface area contributed by atoms with Gasteiger partial charge in [-0.25, -0.2) is 0 Å². The fraction of sp³-hybridized carbons (Fsp3) is 0.533. The van der Waals surface area contributed by atoms with Gasteiger partial charge in [-0.1, -0.05) is 18.1 Å². The molecule has 0 N–H and O–H groups in total. The maximum absolute atomic E-state index is 12.2. The van der Waals surface area contributed by atoms with Gasteiger partial charge in [0.15, 0.2) is 0 Å². The van der Waals surface area contributed by atoms with E-state index in [1.54, 1.807) is 11.3 Å². The number of aromatic nitrogens is 2. The summed E-state index contributed by atoms with van der Waals surface area (Å²) in [5.41, 5.74) is 0. The van der Waals surface area contributed by atoms with Crippen LogP contribution in [0.25, 0.3) is 10.7 Å². The van der Waals surface area contributed by atoms with E-state index in [2.05, 4.69) is 17.1 Å². The van der Waals surface area contributed by atoms with Crippen molar-refractivity contribution < 1.29 is 9.32 Å². The van der Waals surface area contributed by atoms with Gasteiger partial charge in [0.05, 0.1) is 4.88 Å².